The van der Waals surface area contributed by atoms with Crippen molar-refractivity contribution in [1.29, 1.82) is 0 Å². The van der Waals surface area contributed by atoms with Crippen LogP contribution in [0.2, 0.25) is 0 Å². The Labute approximate surface area is 118 Å². The highest BCUT2D eigenvalue weighted by Crippen LogP contribution is 2.19. The lowest BCUT2D eigenvalue weighted by atomic mass is 10.2. The first-order valence-electron chi connectivity index (χ1n) is 6.95. The first-order chi connectivity index (χ1) is 9.61. The molecule has 0 atom stereocenters. The van der Waals surface area contributed by atoms with Gasteiger partial charge in [0, 0.05) is 17.8 Å². The molecule has 0 aliphatic rings. The summed E-state index contributed by atoms with van der Waals surface area (Å²) in [6.45, 7) is 4.73. The Kier molecular flexibility index (Phi) is 4.68. The predicted octanol–water partition coefficient (Wildman–Crippen LogP) is 2.08. The SMILES string of the molecule is CC(C)n1ncc2cc(NC(=O)CCCCN)cnc21. The maximum atomic E-state index is 11.7. The molecule has 0 saturated heterocycles. The standard InChI is InChI=1S/C14H21N5O/c1-10(2)19-14-11(8-17-19)7-12(9-16-14)18-13(20)5-3-4-6-15/h7-10H,3-6,15H2,1-2H3,(H,18,20). The van der Waals surface area contributed by atoms with Gasteiger partial charge in [-0.1, -0.05) is 0 Å². The molecule has 0 aliphatic heterocycles. The van der Waals surface area contributed by atoms with Crippen LogP contribution in [-0.4, -0.2) is 27.2 Å². The van der Waals surface area contributed by atoms with Crippen LogP contribution in [0.3, 0.4) is 0 Å². The van der Waals surface area contributed by atoms with Crippen LogP contribution < -0.4 is 11.1 Å². The molecular weight excluding hydrogens is 254 g/mol. The minimum atomic E-state index is -0.00384. The van der Waals surface area contributed by atoms with E-state index in [-0.39, 0.29) is 11.9 Å². The van der Waals surface area contributed by atoms with Gasteiger partial charge in [-0.3, -0.25) is 4.79 Å². The van der Waals surface area contributed by atoms with Crippen LogP contribution in [0, 0.1) is 0 Å². The fraction of sp³-hybridized carbons (Fsp3) is 0.500. The number of fused-ring (bicyclic) bond motifs is 1. The molecule has 20 heavy (non-hydrogen) atoms. The van der Waals surface area contributed by atoms with Gasteiger partial charge in [0.25, 0.3) is 0 Å². The van der Waals surface area contributed by atoms with Gasteiger partial charge in [-0.05, 0) is 39.3 Å². The van der Waals surface area contributed by atoms with E-state index in [2.05, 4.69) is 29.2 Å². The number of rotatable bonds is 6. The summed E-state index contributed by atoms with van der Waals surface area (Å²) in [5.41, 5.74) is 6.95. The zero-order valence-electron chi connectivity index (χ0n) is 12.0. The number of unbranched alkanes of at least 4 members (excludes halogenated alkanes) is 1. The molecule has 2 rings (SSSR count). The second-order valence-electron chi connectivity index (χ2n) is 5.11. The van der Waals surface area contributed by atoms with Gasteiger partial charge < -0.3 is 11.1 Å². The quantitative estimate of drug-likeness (QED) is 0.790. The Morgan fingerprint density at radius 2 is 2.20 bits per heavy atom. The van der Waals surface area contributed by atoms with Gasteiger partial charge in [0.2, 0.25) is 5.91 Å². The van der Waals surface area contributed by atoms with E-state index in [9.17, 15) is 4.79 Å². The summed E-state index contributed by atoms with van der Waals surface area (Å²) >= 11 is 0. The second-order valence-corrected chi connectivity index (χ2v) is 5.11. The number of anilines is 1. The zero-order chi connectivity index (χ0) is 14.5. The molecule has 0 aromatic carbocycles. The van der Waals surface area contributed by atoms with Crippen molar-refractivity contribution in [3.8, 4) is 0 Å². The number of nitrogens with one attached hydrogen (secondary N) is 1. The average Bonchev–Trinajstić information content (AvgIpc) is 2.82. The van der Waals surface area contributed by atoms with E-state index in [1.54, 1.807) is 12.4 Å². The molecule has 2 aromatic rings. The first kappa shape index (κ1) is 14.5. The lowest BCUT2D eigenvalue weighted by Crippen LogP contribution is -2.12. The number of carbonyl (C=O) groups is 1. The fourth-order valence-electron chi connectivity index (χ4n) is 2.04. The van der Waals surface area contributed by atoms with Crippen molar-refractivity contribution in [2.45, 2.75) is 39.2 Å². The first-order valence-corrected chi connectivity index (χ1v) is 6.95. The monoisotopic (exact) mass is 275 g/mol. The molecule has 6 heteroatoms. The van der Waals surface area contributed by atoms with Crippen LogP contribution in [0.25, 0.3) is 11.0 Å². The summed E-state index contributed by atoms with van der Waals surface area (Å²) < 4.78 is 1.86. The van der Waals surface area contributed by atoms with Crippen molar-refractivity contribution >= 4 is 22.6 Å². The molecular formula is C14H21N5O. The molecule has 1 amide bonds. The highest BCUT2D eigenvalue weighted by Gasteiger charge is 2.09. The van der Waals surface area contributed by atoms with E-state index in [4.69, 9.17) is 5.73 Å². The number of amides is 1. The van der Waals surface area contributed by atoms with E-state index in [0.717, 1.165) is 23.9 Å². The zero-order valence-corrected chi connectivity index (χ0v) is 12.0. The molecule has 0 spiro atoms. The number of hydrogen-bond acceptors (Lipinski definition) is 4. The van der Waals surface area contributed by atoms with Gasteiger partial charge in [-0.25, -0.2) is 9.67 Å². The number of nitrogens with zero attached hydrogens (tertiary/aromatic N) is 3. The lowest BCUT2D eigenvalue weighted by Gasteiger charge is -2.07. The molecule has 0 radical (unpaired) electrons. The van der Waals surface area contributed by atoms with Crippen LogP contribution in [0.1, 0.15) is 39.2 Å². The molecule has 3 N–H and O–H groups in total. The van der Waals surface area contributed by atoms with E-state index < -0.39 is 0 Å². The third kappa shape index (κ3) is 3.33. The summed E-state index contributed by atoms with van der Waals surface area (Å²) in [6, 6.07) is 2.16. The van der Waals surface area contributed by atoms with Gasteiger partial charge in [-0.2, -0.15) is 5.10 Å². The largest absolute Gasteiger partial charge is 0.330 e. The topological polar surface area (TPSA) is 85.8 Å². The van der Waals surface area contributed by atoms with Gasteiger partial charge in [0.15, 0.2) is 5.65 Å². The highest BCUT2D eigenvalue weighted by atomic mass is 16.1. The van der Waals surface area contributed by atoms with Crippen molar-refractivity contribution in [3.05, 3.63) is 18.5 Å². The summed E-state index contributed by atoms with van der Waals surface area (Å²) in [5.74, 6) is -0.00384. The van der Waals surface area contributed by atoms with E-state index in [0.29, 0.717) is 18.7 Å². The van der Waals surface area contributed by atoms with Gasteiger partial charge in [0.1, 0.15) is 0 Å². The number of hydrogen-bond donors (Lipinski definition) is 2. The number of nitrogens with two attached hydrogens (primary N) is 1. The molecule has 2 heterocycles. The average molecular weight is 275 g/mol. The third-order valence-corrected chi connectivity index (χ3v) is 3.06. The van der Waals surface area contributed by atoms with Crippen LogP contribution >= 0.6 is 0 Å². The molecule has 0 fully saturated rings. The molecule has 6 nitrogen and oxygen atoms in total. The molecule has 0 bridgehead atoms. The van der Waals surface area contributed by atoms with Crippen LogP contribution in [-0.2, 0) is 4.79 Å². The van der Waals surface area contributed by atoms with Crippen molar-refractivity contribution in [2.24, 2.45) is 5.73 Å². The summed E-state index contributed by atoms with van der Waals surface area (Å²) in [7, 11) is 0. The molecule has 108 valence electrons. The minimum Gasteiger partial charge on any atom is -0.330 e. The maximum absolute atomic E-state index is 11.7. The van der Waals surface area contributed by atoms with Gasteiger partial charge >= 0.3 is 0 Å². The van der Waals surface area contributed by atoms with Gasteiger partial charge in [-0.15, -0.1) is 0 Å². The number of aromatic nitrogens is 3. The summed E-state index contributed by atoms with van der Waals surface area (Å²) in [4.78, 5) is 16.1. The molecule has 0 saturated carbocycles. The molecule has 0 unspecified atom stereocenters. The second kappa shape index (κ2) is 6.47. The van der Waals surface area contributed by atoms with Gasteiger partial charge in [0.05, 0.1) is 18.1 Å². The highest BCUT2D eigenvalue weighted by molar-refractivity contribution is 5.92. The van der Waals surface area contributed by atoms with Crippen molar-refractivity contribution in [3.63, 3.8) is 0 Å². The lowest BCUT2D eigenvalue weighted by molar-refractivity contribution is -0.116. The Bertz CT molecular complexity index is 590. The normalized spacial score (nSPS) is 11.2. The third-order valence-electron chi connectivity index (χ3n) is 3.06. The van der Waals surface area contributed by atoms with E-state index in [1.807, 2.05) is 10.7 Å². The van der Waals surface area contributed by atoms with Crippen LogP contribution in [0.15, 0.2) is 18.5 Å². The Balaban J connectivity index is 2.07. The Morgan fingerprint density at radius 1 is 1.40 bits per heavy atom. The molecule has 2 aromatic heterocycles. The van der Waals surface area contributed by atoms with Crippen LogP contribution in [0.4, 0.5) is 5.69 Å². The Morgan fingerprint density at radius 3 is 2.90 bits per heavy atom. The van der Waals surface area contributed by atoms with E-state index in [1.165, 1.54) is 0 Å². The number of carbonyl (C=O) groups excluding carboxylic acids is 1. The Hall–Kier alpha value is -1.95. The van der Waals surface area contributed by atoms with Crippen molar-refractivity contribution in [1.82, 2.24) is 14.8 Å². The number of pyridine rings is 1. The predicted molar refractivity (Wildman–Crippen MR) is 79.4 cm³/mol. The summed E-state index contributed by atoms with van der Waals surface area (Å²) in [5, 5.41) is 8.08. The van der Waals surface area contributed by atoms with E-state index >= 15 is 0 Å². The van der Waals surface area contributed by atoms with Crippen molar-refractivity contribution < 1.29 is 4.79 Å². The maximum Gasteiger partial charge on any atom is 0.224 e. The smallest absolute Gasteiger partial charge is 0.224 e. The van der Waals surface area contributed by atoms with Crippen LogP contribution in [0.5, 0.6) is 0 Å². The minimum absolute atomic E-state index is 0.00384. The summed E-state index contributed by atoms with van der Waals surface area (Å²) in [6.07, 6.45) is 5.60. The molecule has 0 aliphatic carbocycles. The van der Waals surface area contributed by atoms with Crippen molar-refractivity contribution in [2.75, 3.05) is 11.9 Å². The fourth-order valence-corrected chi connectivity index (χ4v) is 2.04.